The van der Waals surface area contributed by atoms with E-state index >= 15 is 0 Å². The van der Waals surface area contributed by atoms with Crippen LogP contribution in [0.1, 0.15) is 35.4 Å². The third-order valence-electron chi connectivity index (χ3n) is 4.45. The maximum Gasteiger partial charge on any atom is 0.261 e. The molecule has 1 fully saturated rings. The van der Waals surface area contributed by atoms with E-state index in [0.29, 0.717) is 36.6 Å². The second-order valence-electron chi connectivity index (χ2n) is 6.52. The molecule has 0 aliphatic carbocycles. The first-order chi connectivity index (χ1) is 13.5. The predicted molar refractivity (Wildman–Crippen MR) is 109 cm³/mol. The van der Waals surface area contributed by atoms with Crippen LogP contribution in [0.4, 0.5) is 5.69 Å². The van der Waals surface area contributed by atoms with Gasteiger partial charge in [0.1, 0.15) is 0 Å². The molecule has 0 unspecified atom stereocenters. The Kier molecular flexibility index (Phi) is 6.82. The van der Waals surface area contributed by atoms with E-state index in [2.05, 4.69) is 10.6 Å². The molecule has 0 bridgehead atoms. The molecule has 1 aliphatic heterocycles. The number of nitrogens with one attached hydrogen (secondary N) is 2. The highest BCUT2D eigenvalue weighted by Crippen LogP contribution is 2.22. The van der Waals surface area contributed by atoms with E-state index in [1.165, 1.54) is 27.8 Å². The quantitative estimate of drug-likeness (QED) is 0.641. The zero-order chi connectivity index (χ0) is 20.0. The van der Waals surface area contributed by atoms with E-state index in [1.807, 2.05) is 11.4 Å². The summed E-state index contributed by atoms with van der Waals surface area (Å²) in [5, 5.41) is 7.36. The third kappa shape index (κ3) is 5.18. The number of thiophene rings is 1. The fraction of sp³-hybridized carbons (Fsp3) is 0.368. The van der Waals surface area contributed by atoms with Gasteiger partial charge in [-0.15, -0.1) is 11.3 Å². The minimum absolute atomic E-state index is 0.134. The lowest BCUT2D eigenvalue weighted by molar-refractivity contribution is -0.116. The predicted octanol–water partition coefficient (Wildman–Crippen LogP) is 2.68. The van der Waals surface area contributed by atoms with Crippen LogP contribution in [0.25, 0.3) is 0 Å². The monoisotopic (exact) mass is 421 g/mol. The second-order valence-corrected chi connectivity index (χ2v) is 9.41. The van der Waals surface area contributed by atoms with Crippen LogP contribution in [0.15, 0.2) is 46.7 Å². The van der Waals surface area contributed by atoms with Crippen LogP contribution in [0.5, 0.6) is 0 Å². The Bertz CT molecular complexity index is 903. The molecule has 1 saturated heterocycles. The molecule has 0 atom stereocenters. The van der Waals surface area contributed by atoms with Gasteiger partial charge in [0.25, 0.3) is 5.91 Å². The summed E-state index contributed by atoms with van der Waals surface area (Å²) in [5.74, 6) is -0.314. The number of carbonyl (C=O) groups is 2. The van der Waals surface area contributed by atoms with Crippen LogP contribution < -0.4 is 10.6 Å². The Morgan fingerprint density at radius 3 is 2.43 bits per heavy atom. The number of anilines is 1. The fourth-order valence-electron chi connectivity index (χ4n) is 2.96. The third-order valence-corrected chi connectivity index (χ3v) is 7.23. The minimum Gasteiger partial charge on any atom is -0.351 e. The van der Waals surface area contributed by atoms with E-state index in [-0.39, 0.29) is 23.1 Å². The average molecular weight is 422 g/mol. The Balaban J connectivity index is 1.43. The smallest absolute Gasteiger partial charge is 0.261 e. The SMILES string of the molecule is O=C(CCCNC(=O)c1cccs1)Nc1ccc(S(=O)(=O)N2CCCC2)cc1. The van der Waals surface area contributed by atoms with Gasteiger partial charge in [0.15, 0.2) is 0 Å². The van der Waals surface area contributed by atoms with Crippen molar-refractivity contribution in [2.75, 3.05) is 25.0 Å². The number of carbonyl (C=O) groups excluding carboxylic acids is 2. The largest absolute Gasteiger partial charge is 0.351 e. The van der Waals surface area contributed by atoms with E-state index in [1.54, 1.807) is 18.2 Å². The number of rotatable bonds is 8. The lowest BCUT2D eigenvalue weighted by atomic mass is 10.2. The molecule has 1 aliphatic rings. The summed E-state index contributed by atoms with van der Waals surface area (Å²) < 4.78 is 26.5. The summed E-state index contributed by atoms with van der Waals surface area (Å²) in [6.45, 7) is 1.53. The molecule has 9 heteroatoms. The maximum atomic E-state index is 12.5. The highest BCUT2D eigenvalue weighted by Gasteiger charge is 2.26. The summed E-state index contributed by atoms with van der Waals surface area (Å²) in [5.41, 5.74) is 0.549. The average Bonchev–Trinajstić information content (AvgIpc) is 3.39. The van der Waals surface area contributed by atoms with E-state index in [9.17, 15) is 18.0 Å². The first-order valence-corrected chi connectivity index (χ1v) is 11.5. The van der Waals surface area contributed by atoms with E-state index in [4.69, 9.17) is 0 Å². The molecule has 1 aromatic heterocycles. The molecule has 2 amide bonds. The van der Waals surface area contributed by atoms with Crippen molar-refractivity contribution in [2.24, 2.45) is 0 Å². The van der Waals surface area contributed by atoms with E-state index in [0.717, 1.165) is 12.8 Å². The Morgan fingerprint density at radius 1 is 1.07 bits per heavy atom. The van der Waals surface area contributed by atoms with Crippen LogP contribution in [0, 0.1) is 0 Å². The zero-order valence-electron chi connectivity index (χ0n) is 15.4. The summed E-state index contributed by atoms with van der Waals surface area (Å²) in [6, 6.07) is 9.79. The second kappa shape index (κ2) is 9.31. The van der Waals surface area contributed by atoms with Gasteiger partial charge in [-0.2, -0.15) is 4.31 Å². The Morgan fingerprint density at radius 2 is 1.79 bits per heavy atom. The molecule has 0 radical (unpaired) electrons. The van der Waals surface area contributed by atoms with E-state index < -0.39 is 10.0 Å². The van der Waals surface area contributed by atoms with Gasteiger partial charge in [-0.3, -0.25) is 9.59 Å². The van der Waals surface area contributed by atoms with Crippen molar-refractivity contribution in [3.8, 4) is 0 Å². The minimum atomic E-state index is -3.45. The molecular formula is C19H23N3O4S2. The standard InChI is InChI=1S/C19H23N3O4S2/c23-18(6-3-11-20-19(24)17-5-4-14-27-17)21-15-7-9-16(10-8-15)28(25,26)22-12-1-2-13-22/h4-5,7-10,14H,1-3,6,11-13H2,(H,20,24)(H,21,23). The highest BCUT2D eigenvalue weighted by molar-refractivity contribution is 7.89. The van der Waals surface area contributed by atoms with Gasteiger partial charge >= 0.3 is 0 Å². The van der Waals surface area contributed by atoms with Crippen LogP contribution in [-0.2, 0) is 14.8 Å². The summed E-state index contributed by atoms with van der Waals surface area (Å²) >= 11 is 1.37. The number of hydrogen-bond acceptors (Lipinski definition) is 5. The number of benzene rings is 1. The molecule has 7 nitrogen and oxygen atoms in total. The highest BCUT2D eigenvalue weighted by atomic mass is 32.2. The first kappa shape index (κ1) is 20.5. The molecule has 0 spiro atoms. The summed E-state index contributed by atoms with van der Waals surface area (Å²) in [6.07, 6.45) is 2.56. The topological polar surface area (TPSA) is 95.6 Å². The molecule has 2 heterocycles. The lowest BCUT2D eigenvalue weighted by Crippen LogP contribution is -2.27. The molecule has 1 aromatic carbocycles. The summed E-state index contributed by atoms with van der Waals surface area (Å²) in [4.78, 5) is 24.7. The van der Waals surface area contributed by atoms with Crippen LogP contribution in [0.3, 0.4) is 0 Å². The van der Waals surface area contributed by atoms with Crippen molar-refractivity contribution in [1.82, 2.24) is 9.62 Å². The molecule has 2 N–H and O–H groups in total. The molecular weight excluding hydrogens is 398 g/mol. The number of hydrogen-bond donors (Lipinski definition) is 2. The zero-order valence-corrected chi connectivity index (χ0v) is 17.0. The van der Waals surface area contributed by atoms with Crippen molar-refractivity contribution < 1.29 is 18.0 Å². The normalized spacial score (nSPS) is 14.7. The molecule has 3 rings (SSSR count). The van der Waals surface area contributed by atoms with Gasteiger partial charge in [-0.1, -0.05) is 6.07 Å². The van der Waals surface area contributed by atoms with Gasteiger partial charge in [-0.05, 0) is 55.0 Å². The Labute approximate surface area is 168 Å². The number of nitrogens with zero attached hydrogens (tertiary/aromatic N) is 1. The Hall–Kier alpha value is -2.23. The lowest BCUT2D eigenvalue weighted by Gasteiger charge is -2.15. The molecule has 28 heavy (non-hydrogen) atoms. The number of sulfonamides is 1. The maximum absolute atomic E-state index is 12.5. The molecule has 2 aromatic rings. The van der Waals surface area contributed by atoms with Gasteiger partial charge in [0.2, 0.25) is 15.9 Å². The van der Waals surface area contributed by atoms with Gasteiger partial charge in [0, 0.05) is 31.7 Å². The van der Waals surface area contributed by atoms with Crippen molar-refractivity contribution in [1.29, 1.82) is 0 Å². The number of amides is 2. The van der Waals surface area contributed by atoms with Crippen molar-refractivity contribution in [3.63, 3.8) is 0 Å². The van der Waals surface area contributed by atoms with Crippen molar-refractivity contribution in [2.45, 2.75) is 30.6 Å². The van der Waals surface area contributed by atoms with Crippen LogP contribution in [0.2, 0.25) is 0 Å². The molecule has 0 saturated carbocycles. The van der Waals surface area contributed by atoms with Gasteiger partial charge in [0.05, 0.1) is 9.77 Å². The van der Waals surface area contributed by atoms with Crippen LogP contribution >= 0.6 is 11.3 Å². The van der Waals surface area contributed by atoms with Crippen LogP contribution in [-0.4, -0.2) is 44.2 Å². The van der Waals surface area contributed by atoms with Crippen molar-refractivity contribution >= 4 is 38.9 Å². The van der Waals surface area contributed by atoms with Crippen molar-refractivity contribution in [3.05, 3.63) is 46.7 Å². The first-order valence-electron chi connectivity index (χ1n) is 9.18. The van der Waals surface area contributed by atoms with Gasteiger partial charge < -0.3 is 10.6 Å². The fourth-order valence-corrected chi connectivity index (χ4v) is 5.11. The summed E-state index contributed by atoms with van der Waals surface area (Å²) in [7, 11) is -3.45. The van der Waals surface area contributed by atoms with Gasteiger partial charge in [-0.25, -0.2) is 8.42 Å². The molecule has 150 valence electrons.